The molecule has 10 heteroatoms. The summed E-state index contributed by atoms with van der Waals surface area (Å²) in [6.07, 6.45) is 0.732. The fraction of sp³-hybridized carbons (Fsp3) is 0.208. The lowest BCUT2D eigenvalue weighted by Gasteiger charge is -2.34. The van der Waals surface area contributed by atoms with Gasteiger partial charge in [0.25, 0.3) is 0 Å². The molecule has 174 valence electrons. The van der Waals surface area contributed by atoms with E-state index in [0.717, 1.165) is 74.6 Å². The van der Waals surface area contributed by atoms with Gasteiger partial charge in [-0.3, -0.25) is 0 Å². The molecule has 34 heavy (non-hydrogen) atoms. The summed E-state index contributed by atoms with van der Waals surface area (Å²) in [4.78, 5) is 32.7. The molecule has 0 amide bonds. The second kappa shape index (κ2) is 8.86. The number of aliphatic imine (C=N–C) groups is 1. The minimum absolute atomic E-state index is 0.263. The summed E-state index contributed by atoms with van der Waals surface area (Å²) in [6, 6.07) is 11.2. The number of fused-ring (bicyclic) bond motifs is 4. The van der Waals surface area contributed by atoms with Gasteiger partial charge < -0.3 is 25.3 Å². The molecule has 5 rings (SSSR count). The third-order valence-electron chi connectivity index (χ3n) is 5.96. The molecule has 1 fully saturated rings. The van der Waals surface area contributed by atoms with Gasteiger partial charge in [0.15, 0.2) is 0 Å². The van der Waals surface area contributed by atoms with Crippen LogP contribution in [0.2, 0.25) is 0 Å². The lowest BCUT2D eigenvalue weighted by Crippen LogP contribution is -2.47. The van der Waals surface area contributed by atoms with Crippen LogP contribution in [0.5, 0.6) is 0 Å². The van der Waals surface area contributed by atoms with Crippen molar-refractivity contribution in [2.75, 3.05) is 38.5 Å². The van der Waals surface area contributed by atoms with Crippen molar-refractivity contribution in [2.24, 2.45) is 4.99 Å². The van der Waals surface area contributed by atoms with Crippen LogP contribution in [0.1, 0.15) is 11.1 Å². The van der Waals surface area contributed by atoms with Gasteiger partial charge in [-0.2, -0.15) is 0 Å². The molecule has 2 aliphatic rings. The number of halogens is 1. The highest BCUT2D eigenvalue weighted by Crippen LogP contribution is 2.44. The summed E-state index contributed by atoms with van der Waals surface area (Å²) in [7, 11) is 2.10. The average molecular weight is 541 g/mol. The molecular formula is C24H21BrN4O4S. The number of carboxylic acids is 2. The quantitative estimate of drug-likeness (QED) is 0.417. The molecule has 3 N–H and O–H groups in total. The van der Waals surface area contributed by atoms with Crippen LogP contribution >= 0.6 is 27.3 Å². The van der Waals surface area contributed by atoms with Gasteiger partial charge in [0.05, 0.1) is 22.5 Å². The van der Waals surface area contributed by atoms with Crippen molar-refractivity contribution in [1.82, 2.24) is 9.80 Å². The first-order valence-corrected chi connectivity index (χ1v) is 12.2. The van der Waals surface area contributed by atoms with Crippen LogP contribution in [0.25, 0.3) is 15.7 Å². The van der Waals surface area contributed by atoms with Crippen LogP contribution in [-0.2, 0) is 9.59 Å². The Morgan fingerprint density at radius 2 is 1.88 bits per heavy atom. The largest absolute Gasteiger partial charge is 0.478 e. The lowest BCUT2D eigenvalue weighted by atomic mass is 10.0. The Labute approximate surface area is 208 Å². The number of carbonyl (C=O) groups is 2. The van der Waals surface area contributed by atoms with E-state index in [4.69, 9.17) is 4.99 Å². The number of nitrogens with zero attached hydrogens (tertiary/aromatic N) is 3. The second-order valence-corrected chi connectivity index (χ2v) is 10.2. The zero-order valence-electron chi connectivity index (χ0n) is 18.2. The third kappa shape index (κ3) is 4.20. The van der Waals surface area contributed by atoms with Gasteiger partial charge in [-0.1, -0.05) is 22.0 Å². The molecule has 1 saturated heterocycles. The van der Waals surface area contributed by atoms with Crippen molar-refractivity contribution in [3.8, 4) is 0 Å². The number of anilines is 2. The monoisotopic (exact) mass is 540 g/mol. The first-order chi connectivity index (χ1) is 16.3. The van der Waals surface area contributed by atoms with Crippen molar-refractivity contribution in [3.63, 3.8) is 0 Å². The number of amidine groups is 1. The van der Waals surface area contributed by atoms with Crippen molar-refractivity contribution < 1.29 is 19.8 Å². The van der Waals surface area contributed by atoms with Crippen molar-refractivity contribution in [1.29, 1.82) is 0 Å². The summed E-state index contributed by atoms with van der Waals surface area (Å²) in [5, 5.41) is 24.1. The maximum Gasteiger partial charge on any atom is 0.336 e. The lowest BCUT2D eigenvalue weighted by molar-refractivity contribution is -0.133. The number of thiophene rings is 1. The molecule has 3 aromatic rings. The SMILES string of the molecule is CN1CCN(C2=Nc3cc(Br)ccc3Nc3sc4ccc(/C(=C\C(=O)O)C(=O)O)cc4c32)CC1. The molecule has 0 radical (unpaired) electrons. The van der Waals surface area contributed by atoms with Crippen LogP contribution in [0, 0.1) is 0 Å². The predicted molar refractivity (Wildman–Crippen MR) is 138 cm³/mol. The number of hydrogen-bond donors (Lipinski definition) is 3. The molecular weight excluding hydrogens is 520 g/mol. The highest BCUT2D eigenvalue weighted by atomic mass is 79.9. The average Bonchev–Trinajstić information content (AvgIpc) is 3.06. The fourth-order valence-electron chi connectivity index (χ4n) is 4.21. The Morgan fingerprint density at radius 3 is 2.59 bits per heavy atom. The Bertz CT molecular complexity index is 1390. The maximum absolute atomic E-state index is 11.8. The number of hydrogen-bond acceptors (Lipinski definition) is 7. The van der Waals surface area contributed by atoms with E-state index in [1.165, 1.54) is 0 Å². The van der Waals surface area contributed by atoms with Gasteiger partial charge in [-0.25, -0.2) is 14.6 Å². The van der Waals surface area contributed by atoms with E-state index in [2.05, 4.69) is 38.1 Å². The Kier molecular flexibility index (Phi) is 5.88. The summed E-state index contributed by atoms with van der Waals surface area (Å²) in [5.41, 5.74) is 2.68. The summed E-state index contributed by atoms with van der Waals surface area (Å²) >= 11 is 5.11. The summed E-state index contributed by atoms with van der Waals surface area (Å²) in [6.45, 7) is 3.44. The summed E-state index contributed by atoms with van der Waals surface area (Å²) in [5.74, 6) is -1.76. The van der Waals surface area contributed by atoms with Crippen LogP contribution in [0.15, 0.2) is 51.9 Å². The molecule has 3 heterocycles. The molecule has 0 saturated carbocycles. The first-order valence-electron chi connectivity index (χ1n) is 10.6. The minimum atomic E-state index is -1.30. The normalized spacial score (nSPS) is 16.4. The highest BCUT2D eigenvalue weighted by Gasteiger charge is 2.28. The molecule has 0 spiro atoms. The minimum Gasteiger partial charge on any atom is -0.478 e. The van der Waals surface area contributed by atoms with E-state index in [1.54, 1.807) is 23.5 Å². The number of aliphatic carboxylic acids is 2. The zero-order valence-corrected chi connectivity index (χ0v) is 20.6. The number of carboxylic acid groups (broad SMARTS) is 2. The Morgan fingerprint density at radius 1 is 1.12 bits per heavy atom. The number of piperazine rings is 1. The predicted octanol–water partition coefficient (Wildman–Crippen LogP) is 4.60. The summed E-state index contributed by atoms with van der Waals surface area (Å²) < 4.78 is 1.89. The van der Waals surface area contributed by atoms with E-state index < -0.39 is 11.9 Å². The van der Waals surface area contributed by atoms with Gasteiger partial charge >= 0.3 is 11.9 Å². The molecule has 1 aromatic heterocycles. The number of benzene rings is 2. The van der Waals surface area contributed by atoms with Crippen LogP contribution in [0.4, 0.5) is 16.4 Å². The Balaban J connectivity index is 1.73. The van der Waals surface area contributed by atoms with Crippen LogP contribution in [-0.4, -0.2) is 71.0 Å². The number of rotatable bonds is 3. The molecule has 8 nitrogen and oxygen atoms in total. The second-order valence-electron chi connectivity index (χ2n) is 8.23. The Hall–Kier alpha value is -3.21. The number of nitrogens with one attached hydrogen (secondary N) is 1. The molecule has 0 bridgehead atoms. The van der Waals surface area contributed by atoms with E-state index >= 15 is 0 Å². The highest BCUT2D eigenvalue weighted by molar-refractivity contribution is 9.10. The van der Waals surface area contributed by atoms with Crippen LogP contribution in [0.3, 0.4) is 0 Å². The van der Waals surface area contributed by atoms with Crippen molar-refractivity contribution in [2.45, 2.75) is 0 Å². The zero-order chi connectivity index (χ0) is 24.0. The van der Waals surface area contributed by atoms with Crippen LogP contribution < -0.4 is 5.32 Å². The molecule has 2 aliphatic heterocycles. The van der Waals surface area contributed by atoms with Gasteiger partial charge in [0, 0.05) is 46.8 Å². The van der Waals surface area contributed by atoms with E-state index in [1.807, 2.05) is 24.3 Å². The van der Waals surface area contributed by atoms with E-state index in [0.29, 0.717) is 5.56 Å². The van der Waals surface area contributed by atoms with Gasteiger partial charge in [0.1, 0.15) is 10.8 Å². The van der Waals surface area contributed by atoms with Gasteiger partial charge in [-0.15, -0.1) is 11.3 Å². The third-order valence-corrected chi connectivity index (χ3v) is 7.54. The molecule has 0 unspecified atom stereocenters. The van der Waals surface area contributed by atoms with Gasteiger partial charge in [0.2, 0.25) is 0 Å². The maximum atomic E-state index is 11.8. The first kappa shape index (κ1) is 22.6. The van der Waals surface area contributed by atoms with E-state index in [9.17, 15) is 19.8 Å². The topological polar surface area (TPSA) is 105 Å². The van der Waals surface area contributed by atoms with Gasteiger partial charge in [-0.05, 0) is 42.9 Å². The molecule has 0 aliphatic carbocycles. The van der Waals surface area contributed by atoms with E-state index in [-0.39, 0.29) is 5.57 Å². The van der Waals surface area contributed by atoms with Crippen molar-refractivity contribution in [3.05, 3.63) is 58.1 Å². The fourth-order valence-corrected chi connectivity index (χ4v) is 5.65. The molecule has 0 atom stereocenters. The molecule has 2 aromatic carbocycles. The standard InChI is InChI=1S/C24H21BrN4O4S/c1-28-6-8-29(9-7-28)22-21-16-10-13(15(24(32)33)12-20(30)31)2-5-19(16)34-23(21)27-17-4-3-14(25)11-18(17)26-22/h2-5,10-12,27H,6-9H2,1H3,(H,30,31)(H,32,33)/b15-12+. The number of likely N-dealkylation sites (N-methyl/N-ethyl adjacent to an activating group) is 1. The smallest absolute Gasteiger partial charge is 0.336 e. The van der Waals surface area contributed by atoms with Crippen molar-refractivity contribution >= 4 is 77.1 Å².